The molecule has 1 N–H and O–H groups in total. The molecule has 1 aliphatic carbocycles. The Labute approximate surface area is 247 Å². The Bertz CT molecular complexity index is 1610. The van der Waals surface area contributed by atoms with Crippen LogP contribution < -0.4 is 10.2 Å². The Morgan fingerprint density at radius 3 is 2.62 bits per heavy atom. The summed E-state index contributed by atoms with van der Waals surface area (Å²) in [4.78, 5) is 14.0. The second kappa shape index (κ2) is 10.6. The Kier molecular flexibility index (Phi) is 7.15. The highest BCUT2D eigenvalue weighted by molar-refractivity contribution is 7.18. The average Bonchev–Trinajstić information content (AvgIpc) is 3.56. The summed E-state index contributed by atoms with van der Waals surface area (Å²) < 4.78 is 38.9. The molecule has 2 aliphatic heterocycles. The normalized spacial score (nSPS) is 23.0. The van der Waals surface area contributed by atoms with E-state index in [4.69, 9.17) is 0 Å². The summed E-state index contributed by atoms with van der Waals surface area (Å²) in [5.74, 6) is 0.725. The number of hydrogen-bond acceptors (Lipinski definition) is 8. The van der Waals surface area contributed by atoms with Crippen LogP contribution in [0, 0.1) is 28.1 Å². The van der Waals surface area contributed by atoms with Gasteiger partial charge in [0.25, 0.3) is 0 Å². The van der Waals surface area contributed by atoms with Gasteiger partial charge in [-0.1, -0.05) is 12.1 Å². The second-order valence-corrected chi connectivity index (χ2v) is 13.3. The molecule has 42 heavy (non-hydrogen) atoms. The zero-order valence-corrected chi connectivity index (χ0v) is 24.4. The summed E-state index contributed by atoms with van der Waals surface area (Å²) >= 11 is 1.09. The Balaban J connectivity index is 1.16. The molecule has 3 aliphatic rings. The summed E-state index contributed by atoms with van der Waals surface area (Å²) in [6.45, 7) is 5.06. The minimum atomic E-state index is -4.25. The number of fused-ring (bicyclic) bond motifs is 1. The van der Waals surface area contributed by atoms with Crippen molar-refractivity contribution in [1.29, 1.82) is 10.5 Å². The van der Waals surface area contributed by atoms with Crippen molar-refractivity contribution in [2.75, 3.05) is 43.4 Å². The number of benzene rings is 1. The Morgan fingerprint density at radius 1 is 1.14 bits per heavy atom. The first-order valence-electron chi connectivity index (χ1n) is 14.2. The van der Waals surface area contributed by atoms with E-state index in [1.807, 2.05) is 12.1 Å². The maximum atomic E-state index is 13.0. The smallest absolute Gasteiger partial charge is 0.382 e. The topological polar surface area (TPSA) is 91.9 Å². The van der Waals surface area contributed by atoms with Crippen molar-refractivity contribution >= 4 is 38.6 Å². The second-order valence-electron chi connectivity index (χ2n) is 12.2. The van der Waals surface area contributed by atoms with E-state index in [1.54, 1.807) is 13.0 Å². The molecule has 0 unspecified atom stereocenters. The van der Waals surface area contributed by atoms with Gasteiger partial charge in [0.05, 0.1) is 23.9 Å². The molecule has 1 spiro atoms. The minimum absolute atomic E-state index is 0.138. The average molecular weight is 592 g/mol. The SMILES string of the molecule is CN1CC=C(c2cc(NC3CC4(CCN(c5ncnc6sc(CC(F)(F)F)cc56)C4)C3)ccc2C(C)(C#N)C#N)CC1. The summed E-state index contributed by atoms with van der Waals surface area (Å²) in [5, 5.41) is 24.0. The quantitative estimate of drug-likeness (QED) is 0.360. The van der Waals surface area contributed by atoms with Crippen molar-refractivity contribution < 1.29 is 13.2 Å². The van der Waals surface area contributed by atoms with Crippen LogP contribution >= 0.6 is 11.3 Å². The third-order valence-corrected chi connectivity index (χ3v) is 10.0. The van der Waals surface area contributed by atoms with E-state index in [-0.39, 0.29) is 10.3 Å². The van der Waals surface area contributed by atoms with Gasteiger partial charge in [0, 0.05) is 42.8 Å². The van der Waals surface area contributed by atoms with Crippen LogP contribution in [0.1, 0.15) is 48.6 Å². The molecule has 1 aromatic carbocycles. The number of nitrogens with one attached hydrogen (secondary N) is 1. The molecule has 2 aromatic heterocycles. The van der Waals surface area contributed by atoms with E-state index in [2.05, 4.69) is 56.4 Å². The van der Waals surface area contributed by atoms with Gasteiger partial charge in [-0.15, -0.1) is 11.3 Å². The first kappa shape index (κ1) is 28.4. The third-order valence-electron chi connectivity index (χ3n) is 8.97. The molecule has 11 heteroatoms. The number of alkyl halides is 3. The van der Waals surface area contributed by atoms with Gasteiger partial charge in [-0.05, 0) is 80.0 Å². The van der Waals surface area contributed by atoms with Crippen molar-refractivity contribution in [2.24, 2.45) is 5.41 Å². The molecule has 2 fully saturated rings. The standard InChI is InChI=1S/C31H32F3N7S/c1-29(16-35,17-36)26-4-3-21(11-24(26)20-5-8-40(2)9-6-20)39-22-13-30(14-22)7-10-41(18-30)27-25-12-23(15-31(32,33)34)42-28(25)38-19-37-27/h3-5,11-12,19,22,39H,6-10,13-15,18H2,1-2H3. The number of hydrogen-bond donors (Lipinski definition) is 1. The largest absolute Gasteiger partial charge is 0.393 e. The molecular formula is C31H32F3N7S. The van der Waals surface area contributed by atoms with E-state index in [9.17, 15) is 23.7 Å². The van der Waals surface area contributed by atoms with Crippen LogP contribution in [0.4, 0.5) is 24.7 Å². The predicted octanol–water partition coefficient (Wildman–Crippen LogP) is 6.29. The number of likely N-dealkylation sites (N-methyl/N-ethyl adjacent to an activating group) is 1. The highest BCUT2D eigenvalue weighted by Crippen LogP contribution is 2.51. The number of thiophene rings is 1. The van der Waals surface area contributed by atoms with Crippen LogP contribution in [0.2, 0.25) is 0 Å². The van der Waals surface area contributed by atoms with Crippen molar-refractivity contribution in [3.05, 3.63) is 52.7 Å². The van der Waals surface area contributed by atoms with Crippen molar-refractivity contribution in [3.63, 3.8) is 0 Å². The zero-order chi connectivity index (χ0) is 29.7. The van der Waals surface area contributed by atoms with Gasteiger partial charge in [0.1, 0.15) is 17.0 Å². The van der Waals surface area contributed by atoms with Crippen LogP contribution in [-0.4, -0.2) is 60.3 Å². The molecule has 0 radical (unpaired) electrons. The number of nitriles is 2. The van der Waals surface area contributed by atoms with E-state index < -0.39 is 18.0 Å². The maximum Gasteiger partial charge on any atom is 0.393 e. The fourth-order valence-corrected chi connectivity index (χ4v) is 7.72. The van der Waals surface area contributed by atoms with Crippen molar-refractivity contribution in [1.82, 2.24) is 14.9 Å². The number of halogens is 3. The predicted molar refractivity (Wildman–Crippen MR) is 158 cm³/mol. The Morgan fingerprint density at radius 2 is 1.93 bits per heavy atom. The number of anilines is 2. The molecule has 6 rings (SSSR count). The molecule has 3 aromatic rings. The molecule has 4 heterocycles. The molecule has 0 amide bonds. The van der Waals surface area contributed by atoms with Gasteiger partial charge < -0.3 is 15.1 Å². The van der Waals surface area contributed by atoms with Gasteiger partial charge >= 0.3 is 6.18 Å². The molecule has 1 saturated carbocycles. The minimum Gasteiger partial charge on any atom is -0.382 e. The van der Waals surface area contributed by atoms with Gasteiger partial charge in [0.2, 0.25) is 0 Å². The summed E-state index contributed by atoms with van der Waals surface area (Å²) in [7, 11) is 2.08. The number of nitrogens with zero attached hydrogens (tertiary/aromatic N) is 6. The maximum absolute atomic E-state index is 13.0. The van der Waals surface area contributed by atoms with Gasteiger partial charge in [-0.2, -0.15) is 23.7 Å². The summed E-state index contributed by atoms with van der Waals surface area (Å²) in [6.07, 6.45) is 2.27. The lowest BCUT2D eigenvalue weighted by molar-refractivity contribution is -0.126. The van der Waals surface area contributed by atoms with Crippen LogP contribution in [0.5, 0.6) is 0 Å². The van der Waals surface area contributed by atoms with Gasteiger partial charge in [-0.3, -0.25) is 0 Å². The lowest BCUT2D eigenvalue weighted by Gasteiger charge is -2.46. The van der Waals surface area contributed by atoms with E-state index in [1.165, 1.54) is 11.9 Å². The fourth-order valence-electron chi connectivity index (χ4n) is 6.70. The molecule has 0 bridgehead atoms. The summed E-state index contributed by atoms with van der Waals surface area (Å²) in [5.41, 5.74) is 2.77. The van der Waals surface area contributed by atoms with Crippen molar-refractivity contribution in [3.8, 4) is 12.1 Å². The third kappa shape index (κ3) is 5.44. The zero-order valence-electron chi connectivity index (χ0n) is 23.6. The molecule has 1 saturated heterocycles. The lowest BCUT2D eigenvalue weighted by Crippen LogP contribution is -2.46. The van der Waals surface area contributed by atoms with Crippen molar-refractivity contribution in [2.45, 2.75) is 56.7 Å². The van der Waals surface area contributed by atoms with Gasteiger partial charge in [0.15, 0.2) is 5.41 Å². The first-order chi connectivity index (χ1) is 20.0. The highest BCUT2D eigenvalue weighted by Gasteiger charge is 2.49. The molecule has 218 valence electrons. The first-order valence-corrected chi connectivity index (χ1v) is 15.0. The van der Waals surface area contributed by atoms with Crippen LogP contribution in [0.15, 0.2) is 36.7 Å². The summed E-state index contributed by atoms with van der Waals surface area (Å²) in [6, 6.07) is 12.3. The van der Waals surface area contributed by atoms with E-state index in [0.717, 1.165) is 85.8 Å². The molecule has 7 nitrogen and oxygen atoms in total. The van der Waals surface area contributed by atoms with E-state index in [0.29, 0.717) is 16.3 Å². The van der Waals surface area contributed by atoms with Gasteiger partial charge in [-0.25, -0.2) is 9.97 Å². The van der Waals surface area contributed by atoms with E-state index >= 15 is 0 Å². The molecular weight excluding hydrogens is 559 g/mol. The highest BCUT2D eigenvalue weighted by atomic mass is 32.1. The number of aromatic nitrogens is 2. The van der Waals surface area contributed by atoms with Crippen LogP contribution in [-0.2, 0) is 11.8 Å². The van der Waals surface area contributed by atoms with Crippen LogP contribution in [0.3, 0.4) is 0 Å². The monoisotopic (exact) mass is 591 g/mol. The molecule has 0 atom stereocenters. The number of rotatable bonds is 6. The van der Waals surface area contributed by atoms with Crippen LogP contribution in [0.25, 0.3) is 15.8 Å². The fraction of sp³-hybridized carbons (Fsp3) is 0.484. The Hall–Kier alpha value is -3.67. The lowest BCUT2D eigenvalue weighted by atomic mass is 9.65.